The van der Waals surface area contributed by atoms with Crippen LogP contribution in [0.15, 0.2) is 30.6 Å². The number of benzene rings is 1. The number of halogens is 4. The number of hydrogen-bond donors (Lipinski definition) is 3. The van der Waals surface area contributed by atoms with E-state index >= 15 is 0 Å². The Hall–Kier alpha value is -4.07. The number of hydrogen-bond acceptors (Lipinski definition) is 6. The Balaban J connectivity index is 1.19. The van der Waals surface area contributed by atoms with Crippen LogP contribution < -0.4 is 10.6 Å². The molecule has 3 aromatic rings. The zero-order valence-electron chi connectivity index (χ0n) is 22.5. The van der Waals surface area contributed by atoms with Gasteiger partial charge in [0, 0.05) is 49.9 Å². The molecule has 11 nitrogen and oxygen atoms in total. The molecule has 0 spiro atoms. The molecule has 5 rings (SSSR count). The lowest BCUT2D eigenvalue weighted by Gasteiger charge is -2.26. The maximum Gasteiger partial charge on any atom is 0.435 e. The van der Waals surface area contributed by atoms with Gasteiger partial charge in [0.25, 0.3) is 11.8 Å². The molecule has 2 fully saturated rings. The number of carbonyl (C=O) groups is 3. The molecule has 1 saturated carbocycles. The second-order valence-corrected chi connectivity index (χ2v) is 11.4. The molecule has 3 heterocycles. The molecule has 41 heavy (non-hydrogen) atoms. The first-order valence-corrected chi connectivity index (χ1v) is 13.0. The van der Waals surface area contributed by atoms with E-state index in [0.29, 0.717) is 13.1 Å². The lowest BCUT2D eigenvalue weighted by Crippen LogP contribution is -2.40. The number of carbonyl (C=O) groups excluding carboxylic acids is 3. The van der Waals surface area contributed by atoms with Gasteiger partial charge in [-0.15, -0.1) is 0 Å². The number of alkyl halides is 3. The first-order chi connectivity index (χ1) is 19.1. The van der Waals surface area contributed by atoms with Crippen molar-refractivity contribution in [2.45, 2.75) is 38.6 Å². The molecule has 3 amide bonds. The minimum atomic E-state index is -4.69. The van der Waals surface area contributed by atoms with E-state index in [4.69, 9.17) is 16.3 Å². The van der Waals surface area contributed by atoms with Crippen molar-refractivity contribution in [3.8, 4) is 11.3 Å². The van der Waals surface area contributed by atoms with Gasteiger partial charge in [-0.25, -0.2) is 9.78 Å². The van der Waals surface area contributed by atoms with Crippen molar-refractivity contribution in [2.24, 2.45) is 18.9 Å². The predicted molar refractivity (Wildman–Crippen MR) is 141 cm³/mol. The van der Waals surface area contributed by atoms with Gasteiger partial charge in [0.2, 0.25) is 0 Å². The minimum absolute atomic E-state index is 0.0420. The highest BCUT2D eigenvalue weighted by atomic mass is 35.5. The Morgan fingerprint density at radius 2 is 1.80 bits per heavy atom. The quantitative estimate of drug-likeness (QED) is 0.403. The first-order valence-electron chi connectivity index (χ1n) is 12.7. The van der Waals surface area contributed by atoms with Gasteiger partial charge in [0.05, 0.1) is 28.0 Å². The molecular formula is C26H27ClF3N7O4. The van der Waals surface area contributed by atoms with E-state index in [1.165, 1.54) is 29.8 Å². The third-order valence-corrected chi connectivity index (χ3v) is 7.30. The molecule has 218 valence electrons. The summed E-state index contributed by atoms with van der Waals surface area (Å²) in [4.78, 5) is 43.6. The molecule has 3 N–H and O–H groups in total. The molecule has 0 unspecified atom stereocenters. The highest BCUT2D eigenvalue weighted by Gasteiger charge is 2.58. The van der Waals surface area contributed by atoms with Crippen LogP contribution in [0.5, 0.6) is 0 Å². The number of likely N-dealkylation sites (tertiary alicyclic amines) is 1. The Morgan fingerprint density at radius 3 is 2.41 bits per heavy atom. The molecule has 2 aliphatic rings. The smallest absolute Gasteiger partial charge is 0.435 e. The lowest BCUT2D eigenvalue weighted by atomic mass is 10.2. The number of ether oxygens (including phenoxy) is 1. The summed E-state index contributed by atoms with van der Waals surface area (Å²) in [5.41, 5.74) is -1.44. The zero-order chi connectivity index (χ0) is 29.9. The number of nitrogens with zero attached hydrogens (tertiary/aromatic N) is 4. The summed E-state index contributed by atoms with van der Waals surface area (Å²) in [6, 6.07) is 4.26. The summed E-state index contributed by atoms with van der Waals surface area (Å²) in [6.45, 7) is 6.40. The van der Waals surface area contributed by atoms with E-state index < -0.39 is 23.4 Å². The normalized spacial score (nSPS) is 20.0. The van der Waals surface area contributed by atoms with Crippen molar-refractivity contribution >= 4 is 35.2 Å². The lowest BCUT2D eigenvalue weighted by molar-refractivity contribution is -0.140. The summed E-state index contributed by atoms with van der Waals surface area (Å²) in [5, 5.41) is 11.1. The number of H-pyrrole nitrogens is 1. The molecule has 1 aromatic carbocycles. The maximum atomic E-state index is 13.3. The zero-order valence-corrected chi connectivity index (χ0v) is 23.2. The molecule has 15 heteroatoms. The monoisotopic (exact) mass is 593 g/mol. The van der Waals surface area contributed by atoms with E-state index in [2.05, 4.69) is 25.8 Å². The summed E-state index contributed by atoms with van der Waals surface area (Å²) in [5.74, 6) is -0.940. The van der Waals surface area contributed by atoms with Crippen molar-refractivity contribution in [3.63, 3.8) is 0 Å². The van der Waals surface area contributed by atoms with Gasteiger partial charge in [-0.1, -0.05) is 11.6 Å². The number of imidazole rings is 1. The molecule has 1 saturated heterocycles. The fourth-order valence-electron chi connectivity index (χ4n) is 4.98. The van der Waals surface area contributed by atoms with Crippen molar-refractivity contribution < 1.29 is 32.3 Å². The van der Waals surface area contributed by atoms with Crippen LogP contribution in [-0.4, -0.2) is 67.3 Å². The van der Waals surface area contributed by atoms with Crippen molar-refractivity contribution in [2.75, 3.05) is 18.4 Å². The van der Waals surface area contributed by atoms with E-state index in [9.17, 15) is 27.6 Å². The van der Waals surface area contributed by atoms with Crippen molar-refractivity contribution in [1.29, 1.82) is 0 Å². The topological polar surface area (TPSA) is 134 Å². The van der Waals surface area contributed by atoms with Crippen LogP contribution in [0, 0.1) is 11.8 Å². The van der Waals surface area contributed by atoms with Gasteiger partial charge in [-0.3, -0.25) is 14.7 Å². The summed E-state index contributed by atoms with van der Waals surface area (Å²) >= 11 is 6.35. The molecule has 1 aliphatic heterocycles. The van der Waals surface area contributed by atoms with Crippen LogP contribution in [0.4, 0.5) is 23.7 Å². The van der Waals surface area contributed by atoms with Crippen molar-refractivity contribution in [1.82, 2.24) is 30.0 Å². The standard InChI is InChI=1S/C26H27ClF3N7O4/c1-25(2,3)41-24(40)37-10-15-16(11-37)19(15)34-22(38)13-6-5-12(7-17(13)27)33-23(39)21-31-9-18(36(21)4)14-8-32-35-20(14)26(28,29)30/h5-9,15-16,19H,10-11H2,1-4H3,(H,32,35)(H,33,39)(H,34,38)/t15-,16+,19-. The van der Waals surface area contributed by atoms with Gasteiger partial charge < -0.3 is 24.8 Å². The molecule has 1 aliphatic carbocycles. The number of nitrogens with one attached hydrogen (secondary N) is 3. The van der Waals surface area contributed by atoms with Gasteiger partial charge in [0.1, 0.15) is 5.60 Å². The number of anilines is 1. The van der Waals surface area contributed by atoms with E-state index in [-0.39, 0.29) is 63.2 Å². The summed E-state index contributed by atoms with van der Waals surface area (Å²) < 4.78 is 46.4. The number of piperidine rings is 1. The number of aromatic nitrogens is 4. The molecule has 0 bridgehead atoms. The second-order valence-electron chi connectivity index (χ2n) is 11.0. The van der Waals surface area contributed by atoms with Crippen LogP contribution in [0.2, 0.25) is 5.02 Å². The van der Waals surface area contributed by atoms with Crippen LogP contribution in [0.1, 0.15) is 47.4 Å². The third-order valence-electron chi connectivity index (χ3n) is 6.99. The fourth-order valence-corrected chi connectivity index (χ4v) is 5.25. The van der Waals surface area contributed by atoms with Crippen LogP contribution >= 0.6 is 11.6 Å². The van der Waals surface area contributed by atoms with E-state index in [1.54, 1.807) is 25.7 Å². The Bertz CT molecular complexity index is 1520. The SMILES string of the molecule is Cn1c(-c2c[nH]nc2C(F)(F)F)cnc1C(=O)Nc1ccc(C(=O)N[C@@H]2[C@@H]3CN(C(=O)OC(C)(C)C)C[C@@H]32)c(Cl)c1. The van der Waals surface area contributed by atoms with Crippen molar-refractivity contribution in [3.05, 3.63) is 52.7 Å². The molecule has 3 atom stereocenters. The molecule has 2 aromatic heterocycles. The average Bonchev–Trinajstić information content (AvgIpc) is 3.33. The molecule has 0 radical (unpaired) electrons. The van der Waals surface area contributed by atoms with Gasteiger partial charge >= 0.3 is 12.3 Å². The van der Waals surface area contributed by atoms with Crippen LogP contribution in [0.3, 0.4) is 0 Å². The fraction of sp³-hybridized carbons (Fsp3) is 0.423. The highest BCUT2D eigenvalue weighted by molar-refractivity contribution is 6.34. The highest BCUT2D eigenvalue weighted by Crippen LogP contribution is 2.46. The number of fused-ring (bicyclic) bond motifs is 1. The first kappa shape index (κ1) is 28.5. The minimum Gasteiger partial charge on any atom is -0.444 e. The van der Waals surface area contributed by atoms with Gasteiger partial charge in [-0.2, -0.15) is 18.3 Å². The third kappa shape index (κ3) is 5.73. The second kappa shape index (κ2) is 10.1. The Morgan fingerprint density at radius 1 is 1.12 bits per heavy atom. The predicted octanol–water partition coefficient (Wildman–Crippen LogP) is 4.33. The van der Waals surface area contributed by atoms with Gasteiger partial charge in [0.15, 0.2) is 11.5 Å². The number of aromatic amines is 1. The Kier molecular flexibility index (Phi) is 7.00. The van der Waals surface area contributed by atoms with Gasteiger partial charge in [-0.05, 0) is 39.0 Å². The number of rotatable bonds is 5. The van der Waals surface area contributed by atoms with E-state index in [0.717, 1.165) is 12.4 Å². The maximum absolute atomic E-state index is 13.3. The van der Waals surface area contributed by atoms with E-state index in [1.807, 2.05) is 0 Å². The largest absolute Gasteiger partial charge is 0.444 e. The van der Waals surface area contributed by atoms with Crippen LogP contribution in [0.25, 0.3) is 11.3 Å². The number of amides is 3. The van der Waals surface area contributed by atoms with Crippen LogP contribution in [-0.2, 0) is 18.0 Å². The summed E-state index contributed by atoms with van der Waals surface area (Å²) in [6.07, 6.45) is -2.83. The Labute approximate surface area is 237 Å². The summed E-state index contributed by atoms with van der Waals surface area (Å²) in [7, 11) is 1.41. The average molecular weight is 594 g/mol. The molecular weight excluding hydrogens is 567 g/mol.